The summed E-state index contributed by atoms with van der Waals surface area (Å²) in [6.45, 7) is 9.43. The smallest absolute Gasteiger partial charge is 0.303 e. The minimum atomic E-state index is -3.67. The van der Waals surface area contributed by atoms with Crippen LogP contribution in [0.2, 0.25) is 0 Å². The van der Waals surface area contributed by atoms with Crippen molar-refractivity contribution >= 4 is 63.4 Å². The average molecular weight is 771 g/mol. The fraction of sp³-hybridized carbons (Fsp3) is 0.700. The SMILES string of the molecule is C=CS(=O)(=O)CCS[C@@H]1O[C@H](COC(C)=O)[C@@H](O[C@@H]2O[C@H](COC(C)=O)[C@@H](OC(C)=O)[C@H](OC(C)=O)[C@H]2OC(C)=O)[C@H](OC(C)=O)[C@H]1OC(C)=O. The molecule has 0 bridgehead atoms. The predicted molar refractivity (Wildman–Crippen MR) is 170 cm³/mol. The van der Waals surface area contributed by atoms with E-state index in [0.717, 1.165) is 65.6 Å². The molecule has 2 aliphatic rings. The molecule has 0 aromatic rings. The van der Waals surface area contributed by atoms with Gasteiger partial charge in [-0.1, -0.05) is 6.58 Å². The Morgan fingerprint density at radius 3 is 1.45 bits per heavy atom. The van der Waals surface area contributed by atoms with E-state index in [-0.39, 0.29) is 5.75 Å². The van der Waals surface area contributed by atoms with Crippen LogP contribution in [0.4, 0.5) is 0 Å². The minimum absolute atomic E-state index is 0.116. The van der Waals surface area contributed by atoms with Gasteiger partial charge in [0.05, 0.1) is 5.75 Å². The van der Waals surface area contributed by atoms with Gasteiger partial charge in [0, 0.05) is 59.6 Å². The van der Waals surface area contributed by atoms with E-state index < -0.39 is 131 Å². The number of ether oxygens (including phenoxy) is 10. The summed E-state index contributed by atoms with van der Waals surface area (Å²) < 4.78 is 80.2. The van der Waals surface area contributed by atoms with Gasteiger partial charge in [0.1, 0.15) is 37.0 Å². The van der Waals surface area contributed by atoms with E-state index in [1.54, 1.807) is 0 Å². The quantitative estimate of drug-likeness (QED) is 0.147. The first-order valence-corrected chi connectivity index (χ1v) is 18.1. The lowest BCUT2D eigenvalue weighted by Gasteiger charge is -2.48. The van der Waals surface area contributed by atoms with Gasteiger partial charge in [0.15, 0.2) is 46.6 Å². The molecular weight excluding hydrogens is 728 g/mol. The monoisotopic (exact) mass is 770 g/mol. The standard InChI is InChI=1S/C30H42O19S2/c1-9-51(38,39)11-10-50-30-28(46-20(8)37)26(44-18(6)35)24(22(48-30)13-41-15(3)32)49-29-27(45-19(7)36)25(43-17(5)34)23(42-16(4)33)21(47-29)12-40-14(2)31/h9,21-30H,1,10-13H2,2-8H3/t21-,22-,23-,24-,25+,26+,27-,28-,29+,30+/m1/s1. The first kappa shape index (κ1) is 43.4. The van der Waals surface area contributed by atoms with Crippen LogP contribution in [0.1, 0.15) is 48.5 Å². The number of hydrogen-bond acceptors (Lipinski definition) is 20. The molecule has 2 saturated heterocycles. The lowest BCUT2D eigenvalue weighted by Crippen LogP contribution is -2.66. The normalized spacial score (nSPS) is 29.0. The molecule has 2 aliphatic heterocycles. The molecule has 21 heteroatoms. The van der Waals surface area contributed by atoms with Gasteiger partial charge in [-0.15, -0.1) is 11.8 Å². The second-order valence-corrected chi connectivity index (χ2v) is 14.3. The van der Waals surface area contributed by atoms with Gasteiger partial charge < -0.3 is 47.4 Å². The molecule has 0 amide bonds. The number of thioether (sulfide) groups is 1. The first-order valence-electron chi connectivity index (χ1n) is 15.3. The van der Waals surface area contributed by atoms with E-state index in [9.17, 15) is 42.0 Å². The summed E-state index contributed by atoms with van der Waals surface area (Å²) >= 11 is 0.870. The first-order chi connectivity index (χ1) is 23.7. The fourth-order valence-electron chi connectivity index (χ4n) is 4.97. The summed E-state index contributed by atoms with van der Waals surface area (Å²) in [5.74, 6) is -6.55. The second-order valence-electron chi connectivity index (χ2n) is 11.1. The zero-order valence-electron chi connectivity index (χ0n) is 29.0. The molecule has 0 spiro atoms. The third-order valence-corrected chi connectivity index (χ3v) is 9.48. The van der Waals surface area contributed by atoms with Gasteiger partial charge in [-0.2, -0.15) is 0 Å². The van der Waals surface area contributed by atoms with Crippen molar-refractivity contribution in [2.45, 2.75) is 109 Å². The van der Waals surface area contributed by atoms with E-state index in [4.69, 9.17) is 47.4 Å². The van der Waals surface area contributed by atoms with Crippen molar-refractivity contribution in [3.8, 4) is 0 Å². The Balaban J connectivity index is 2.72. The van der Waals surface area contributed by atoms with Gasteiger partial charge in [0.25, 0.3) is 0 Å². The maximum Gasteiger partial charge on any atom is 0.303 e. The summed E-state index contributed by atoms with van der Waals surface area (Å²) in [6.07, 6.45) is -14.2. The van der Waals surface area contributed by atoms with Crippen molar-refractivity contribution in [3.63, 3.8) is 0 Å². The number of sulfone groups is 1. The second kappa shape index (κ2) is 19.7. The summed E-state index contributed by atoms with van der Waals surface area (Å²) in [7, 11) is -3.67. The van der Waals surface area contributed by atoms with Crippen LogP contribution < -0.4 is 0 Å². The van der Waals surface area contributed by atoms with E-state index in [0.29, 0.717) is 0 Å². The molecule has 19 nitrogen and oxygen atoms in total. The molecule has 2 heterocycles. The van der Waals surface area contributed by atoms with Crippen LogP contribution in [0.15, 0.2) is 12.0 Å². The van der Waals surface area contributed by atoms with Crippen LogP contribution in [0.25, 0.3) is 0 Å². The summed E-state index contributed by atoms with van der Waals surface area (Å²) in [6, 6.07) is 0. The van der Waals surface area contributed by atoms with Crippen molar-refractivity contribution in [2.75, 3.05) is 24.7 Å². The molecule has 51 heavy (non-hydrogen) atoms. The van der Waals surface area contributed by atoms with Crippen molar-refractivity contribution in [1.29, 1.82) is 0 Å². The zero-order valence-corrected chi connectivity index (χ0v) is 30.6. The maximum atomic E-state index is 12.5. The lowest BCUT2D eigenvalue weighted by atomic mass is 9.96. The highest BCUT2D eigenvalue weighted by Crippen LogP contribution is 2.37. The fourth-order valence-corrected chi connectivity index (χ4v) is 7.30. The third kappa shape index (κ3) is 14.0. The van der Waals surface area contributed by atoms with E-state index in [1.165, 1.54) is 0 Å². The number of rotatable bonds is 16. The molecule has 0 N–H and O–H groups in total. The van der Waals surface area contributed by atoms with Crippen LogP contribution in [-0.4, -0.2) is 135 Å². The van der Waals surface area contributed by atoms with Gasteiger partial charge in [0.2, 0.25) is 0 Å². The maximum absolute atomic E-state index is 12.5. The Morgan fingerprint density at radius 1 is 0.588 bits per heavy atom. The predicted octanol–water partition coefficient (Wildman–Crippen LogP) is -0.102. The zero-order chi connectivity index (χ0) is 38.6. The number of carbonyl (C=O) groups is 7. The van der Waals surface area contributed by atoms with Gasteiger partial charge >= 0.3 is 41.8 Å². The highest BCUT2D eigenvalue weighted by Gasteiger charge is 2.57. The molecule has 0 radical (unpaired) electrons. The summed E-state index contributed by atoms with van der Waals surface area (Å²) in [5, 5.41) is 0.765. The molecule has 10 atom stereocenters. The number of esters is 7. The molecule has 0 unspecified atom stereocenters. The van der Waals surface area contributed by atoms with Gasteiger partial charge in [-0.25, -0.2) is 8.42 Å². The summed E-state index contributed by atoms with van der Waals surface area (Å²) in [4.78, 5) is 85.2. The Morgan fingerprint density at radius 2 is 1.00 bits per heavy atom. The van der Waals surface area contributed by atoms with Crippen molar-refractivity contribution in [3.05, 3.63) is 12.0 Å². The van der Waals surface area contributed by atoms with Crippen LogP contribution >= 0.6 is 11.8 Å². The lowest BCUT2D eigenvalue weighted by molar-refractivity contribution is -0.341. The molecule has 0 saturated carbocycles. The van der Waals surface area contributed by atoms with Gasteiger partial charge in [-0.3, -0.25) is 33.6 Å². The molecule has 0 aromatic heterocycles. The Labute approximate surface area is 298 Å². The van der Waals surface area contributed by atoms with Crippen LogP contribution in [0, 0.1) is 0 Å². The Hall–Kier alpha value is -3.79. The third-order valence-electron chi connectivity index (χ3n) is 6.79. The van der Waals surface area contributed by atoms with Gasteiger partial charge in [-0.05, 0) is 0 Å². The van der Waals surface area contributed by atoms with Crippen LogP contribution in [-0.2, 0) is 90.8 Å². The Kier molecular flexibility index (Phi) is 16.8. The average Bonchev–Trinajstić information content (AvgIpc) is 2.99. The van der Waals surface area contributed by atoms with Crippen LogP contribution in [0.3, 0.4) is 0 Å². The van der Waals surface area contributed by atoms with E-state index >= 15 is 0 Å². The van der Waals surface area contributed by atoms with Crippen LogP contribution in [0.5, 0.6) is 0 Å². The van der Waals surface area contributed by atoms with Crippen molar-refractivity contribution in [1.82, 2.24) is 0 Å². The summed E-state index contributed by atoms with van der Waals surface area (Å²) in [5.41, 5.74) is -1.24. The highest BCUT2D eigenvalue weighted by molar-refractivity contribution is 8.01. The van der Waals surface area contributed by atoms with E-state index in [2.05, 4.69) is 6.58 Å². The van der Waals surface area contributed by atoms with Crippen molar-refractivity contribution < 1.29 is 89.3 Å². The Bertz CT molecular complexity index is 1410. The van der Waals surface area contributed by atoms with E-state index in [1.807, 2.05) is 0 Å². The molecule has 2 fully saturated rings. The molecule has 0 aromatic carbocycles. The number of carbonyl (C=O) groups excluding carboxylic acids is 7. The number of hydrogen-bond donors (Lipinski definition) is 0. The molecule has 0 aliphatic carbocycles. The minimum Gasteiger partial charge on any atom is -0.463 e. The topological polar surface area (TPSA) is 246 Å². The largest absolute Gasteiger partial charge is 0.463 e. The molecule has 288 valence electrons. The molecule has 2 rings (SSSR count). The molecular formula is C30H42O19S2. The van der Waals surface area contributed by atoms with Crippen molar-refractivity contribution in [2.24, 2.45) is 0 Å². The highest BCUT2D eigenvalue weighted by atomic mass is 32.2.